The molecule has 0 saturated carbocycles. The van der Waals surface area contributed by atoms with Crippen LogP contribution < -0.4 is 0 Å². The van der Waals surface area contributed by atoms with Crippen molar-refractivity contribution in [3.63, 3.8) is 0 Å². The van der Waals surface area contributed by atoms with Crippen molar-refractivity contribution in [1.82, 2.24) is 4.73 Å². The molecule has 0 aromatic heterocycles. The van der Waals surface area contributed by atoms with Gasteiger partial charge < -0.3 is 0 Å². The van der Waals surface area contributed by atoms with Gasteiger partial charge in [-0.3, -0.25) is 9.32 Å². The first-order valence-corrected chi connectivity index (χ1v) is 11.5. The minimum absolute atomic E-state index is 0.128. The van der Waals surface area contributed by atoms with E-state index in [-0.39, 0.29) is 5.57 Å². The monoisotopic (exact) mass is 391 g/mol. The number of nitrogens with zero attached hydrogens (tertiary/aromatic N) is 1. The van der Waals surface area contributed by atoms with E-state index in [1.54, 1.807) is 48.5 Å². The van der Waals surface area contributed by atoms with E-state index < -0.39 is 33.4 Å². The number of hydrogen-bond acceptors (Lipinski definition) is 2. The van der Waals surface area contributed by atoms with Crippen LogP contribution >= 0.6 is 0 Å². The van der Waals surface area contributed by atoms with Gasteiger partial charge in [0, 0.05) is 12.0 Å². The molecule has 1 aliphatic heterocycles. The van der Waals surface area contributed by atoms with Gasteiger partial charge in [-0.25, -0.2) is 4.73 Å². The van der Waals surface area contributed by atoms with Gasteiger partial charge in [-0.15, -0.1) is 0 Å². The summed E-state index contributed by atoms with van der Waals surface area (Å²) in [7, 11) is -2.27. The zero-order valence-corrected chi connectivity index (χ0v) is 16.1. The van der Waals surface area contributed by atoms with Crippen LogP contribution in [0.5, 0.6) is 0 Å². The minimum Gasteiger partial charge on any atom is -0.294 e. The Hall–Kier alpha value is -2.38. The maximum atomic E-state index is 13.0. The molecule has 3 nitrogen and oxygen atoms in total. The SMILES string of the molecule is C[Si]1(C)ON1C(=O)C(CCC(F)(F)F)=C(c1ccccc1)c1ccccc1. The number of carbonyl (C=O) groups is 1. The van der Waals surface area contributed by atoms with E-state index in [0.29, 0.717) is 16.7 Å². The fraction of sp³-hybridized carbons (Fsp3) is 0.250. The van der Waals surface area contributed by atoms with Crippen molar-refractivity contribution < 1.29 is 22.5 Å². The number of alkyl halides is 3. The molecule has 1 saturated heterocycles. The standard InChI is InChI=1S/C20H20F3NO2Si/c1-27(2)24(26-27)19(25)17(13-14-20(21,22)23)18(15-9-5-3-6-10-15)16-11-7-4-8-12-16/h3-12H,13-14H2,1-2H3. The molecule has 7 heteroatoms. The molecule has 0 unspecified atom stereocenters. The van der Waals surface area contributed by atoms with Crippen LogP contribution in [0.1, 0.15) is 24.0 Å². The summed E-state index contributed by atoms with van der Waals surface area (Å²) in [5, 5.41) is 0. The molecule has 2 aromatic carbocycles. The Labute approximate surface area is 157 Å². The molecular weight excluding hydrogens is 371 g/mol. The van der Waals surface area contributed by atoms with E-state index in [2.05, 4.69) is 0 Å². The molecule has 1 aliphatic rings. The second kappa shape index (κ2) is 7.32. The van der Waals surface area contributed by atoms with Crippen molar-refractivity contribution in [2.45, 2.75) is 32.1 Å². The van der Waals surface area contributed by atoms with Crippen LogP contribution in [0.15, 0.2) is 66.2 Å². The van der Waals surface area contributed by atoms with E-state index in [9.17, 15) is 18.0 Å². The highest BCUT2D eigenvalue weighted by Gasteiger charge is 2.54. The number of hydrogen-bond donors (Lipinski definition) is 0. The van der Waals surface area contributed by atoms with Gasteiger partial charge in [0.2, 0.25) is 0 Å². The van der Waals surface area contributed by atoms with Crippen LogP contribution in [-0.4, -0.2) is 25.3 Å². The zero-order valence-electron chi connectivity index (χ0n) is 15.1. The second-order valence-electron chi connectivity index (χ2n) is 6.84. The summed E-state index contributed by atoms with van der Waals surface area (Å²) in [5.74, 6) is -0.473. The number of amides is 1. The molecular formula is C20H20F3NO2Si. The zero-order chi connectivity index (χ0) is 19.7. The third-order valence-corrected chi connectivity index (χ3v) is 6.04. The largest absolute Gasteiger partial charge is 0.389 e. The number of halogens is 3. The smallest absolute Gasteiger partial charge is 0.294 e. The van der Waals surface area contributed by atoms with Crippen LogP contribution in [0.2, 0.25) is 13.1 Å². The molecule has 0 bridgehead atoms. The number of rotatable bonds is 5. The van der Waals surface area contributed by atoms with Crippen molar-refractivity contribution in [2.24, 2.45) is 0 Å². The second-order valence-corrected chi connectivity index (χ2v) is 10.3. The fourth-order valence-electron chi connectivity index (χ4n) is 2.94. The van der Waals surface area contributed by atoms with E-state index >= 15 is 0 Å². The highest BCUT2D eigenvalue weighted by atomic mass is 28.4. The van der Waals surface area contributed by atoms with Gasteiger partial charge in [0.15, 0.2) is 0 Å². The first-order valence-electron chi connectivity index (χ1n) is 8.63. The molecule has 0 atom stereocenters. The summed E-state index contributed by atoms with van der Waals surface area (Å²) in [6.45, 7) is 3.66. The van der Waals surface area contributed by atoms with Gasteiger partial charge in [-0.05, 0) is 36.2 Å². The first-order chi connectivity index (χ1) is 12.7. The molecule has 142 valence electrons. The summed E-state index contributed by atoms with van der Waals surface area (Å²) < 4.78 is 45.5. The Morgan fingerprint density at radius 3 is 1.78 bits per heavy atom. The summed E-state index contributed by atoms with van der Waals surface area (Å²) in [5.41, 5.74) is 2.06. The molecule has 0 radical (unpaired) electrons. The average molecular weight is 391 g/mol. The first kappa shape index (κ1) is 19.4. The quantitative estimate of drug-likeness (QED) is 0.393. The van der Waals surface area contributed by atoms with Crippen LogP contribution in [0, 0.1) is 0 Å². The Bertz CT molecular complexity index is 807. The Morgan fingerprint density at radius 1 is 0.963 bits per heavy atom. The van der Waals surface area contributed by atoms with E-state index in [4.69, 9.17) is 4.53 Å². The van der Waals surface area contributed by atoms with Crippen LogP contribution in [0.4, 0.5) is 13.2 Å². The maximum absolute atomic E-state index is 13.0. The topological polar surface area (TPSA) is 32.6 Å². The van der Waals surface area contributed by atoms with Crippen molar-refractivity contribution in [1.29, 1.82) is 0 Å². The lowest BCUT2D eigenvalue weighted by Crippen LogP contribution is -2.25. The fourth-order valence-corrected chi connectivity index (χ4v) is 4.60. The highest BCUT2D eigenvalue weighted by Crippen LogP contribution is 2.37. The van der Waals surface area contributed by atoms with Crippen LogP contribution in [-0.2, 0) is 9.32 Å². The van der Waals surface area contributed by atoms with E-state index in [1.165, 1.54) is 4.73 Å². The number of benzene rings is 2. The third kappa shape index (κ3) is 4.67. The van der Waals surface area contributed by atoms with Crippen molar-refractivity contribution in [2.75, 3.05) is 0 Å². The molecule has 3 rings (SSSR count). The van der Waals surface area contributed by atoms with Gasteiger partial charge in [0.1, 0.15) is 0 Å². The van der Waals surface area contributed by atoms with Gasteiger partial charge >= 0.3 is 14.7 Å². The molecule has 1 heterocycles. The lowest BCUT2D eigenvalue weighted by Gasteiger charge is -2.17. The van der Waals surface area contributed by atoms with Gasteiger partial charge in [0.05, 0.1) is 0 Å². The Morgan fingerprint density at radius 2 is 1.41 bits per heavy atom. The van der Waals surface area contributed by atoms with Gasteiger partial charge in [0.25, 0.3) is 5.91 Å². The van der Waals surface area contributed by atoms with E-state index in [1.807, 2.05) is 25.2 Å². The van der Waals surface area contributed by atoms with Crippen molar-refractivity contribution in [3.8, 4) is 0 Å². The van der Waals surface area contributed by atoms with Crippen LogP contribution in [0.25, 0.3) is 5.57 Å². The van der Waals surface area contributed by atoms with Crippen LogP contribution in [0.3, 0.4) is 0 Å². The Balaban J connectivity index is 2.14. The molecule has 0 spiro atoms. The lowest BCUT2D eigenvalue weighted by molar-refractivity contribution is -0.136. The maximum Gasteiger partial charge on any atom is 0.389 e. The van der Waals surface area contributed by atoms with E-state index in [0.717, 1.165) is 0 Å². The van der Waals surface area contributed by atoms with Gasteiger partial charge in [-0.2, -0.15) is 13.2 Å². The average Bonchev–Trinajstić information content (AvgIpc) is 3.27. The molecule has 2 aromatic rings. The minimum atomic E-state index is -4.35. The van der Waals surface area contributed by atoms with Crippen molar-refractivity contribution >= 4 is 20.0 Å². The molecule has 1 fully saturated rings. The highest BCUT2D eigenvalue weighted by molar-refractivity contribution is 6.77. The lowest BCUT2D eigenvalue weighted by atomic mass is 9.90. The normalized spacial score (nSPS) is 15.4. The molecule has 0 N–H and O–H groups in total. The van der Waals surface area contributed by atoms with Gasteiger partial charge in [-0.1, -0.05) is 60.7 Å². The molecule has 27 heavy (non-hydrogen) atoms. The summed E-state index contributed by atoms with van der Waals surface area (Å²) in [6, 6.07) is 18.1. The Kier molecular flexibility index (Phi) is 5.26. The summed E-state index contributed by atoms with van der Waals surface area (Å²) in [6.07, 6.45) is -5.81. The molecule has 1 amide bonds. The molecule has 0 aliphatic carbocycles. The number of hydroxylamine groups is 1. The summed E-state index contributed by atoms with van der Waals surface area (Å²) >= 11 is 0. The predicted molar refractivity (Wildman–Crippen MR) is 99.6 cm³/mol. The summed E-state index contributed by atoms with van der Waals surface area (Å²) in [4.78, 5) is 13.0. The third-order valence-electron chi connectivity index (χ3n) is 4.30. The number of carbonyl (C=O) groups excluding carboxylic acids is 1. The predicted octanol–water partition coefficient (Wildman–Crippen LogP) is 5.31. The van der Waals surface area contributed by atoms with Crippen molar-refractivity contribution in [3.05, 3.63) is 77.4 Å².